The van der Waals surface area contributed by atoms with Crippen molar-refractivity contribution in [1.29, 1.82) is 0 Å². The molecule has 2 saturated heterocycles. The topological polar surface area (TPSA) is 105 Å². The van der Waals surface area contributed by atoms with Crippen molar-refractivity contribution >= 4 is 18.0 Å². The molecule has 2 aliphatic heterocycles. The van der Waals surface area contributed by atoms with Crippen LogP contribution in [0.3, 0.4) is 0 Å². The van der Waals surface area contributed by atoms with E-state index in [1.807, 2.05) is 48.5 Å². The standard InChI is InChI=1S/C25H26N2O6/c28-22(29)12-21(23(30)27-14-25(15-27)10-5-11-33-25)26-24(31)32-13-20-18-8-3-1-6-16(18)17-7-2-4-9-19(17)20/h1-4,6-9,20-21H,5,10-15H2,(H,26,31)(H,28,29). The second kappa shape index (κ2) is 8.51. The molecule has 0 radical (unpaired) electrons. The van der Waals surface area contributed by atoms with Crippen LogP contribution in [0.25, 0.3) is 11.1 Å². The number of rotatable bonds is 6. The Morgan fingerprint density at radius 3 is 2.30 bits per heavy atom. The molecular weight excluding hydrogens is 424 g/mol. The van der Waals surface area contributed by atoms with Crippen LogP contribution in [0.5, 0.6) is 0 Å². The predicted octanol–water partition coefficient (Wildman–Crippen LogP) is 2.76. The van der Waals surface area contributed by atoms with Crippen molar-refractivity contribution in [3.8, 4) is 11.1 Å². The number of carboxylic acid groups (broad SMARTS) is 1. The van der Waals surface area contributed by atoms with Gasteiger partial charge in [-0.25, -0.2) is 4.79 Å². The molecule has 1 aliphatic carbocycles. The molecule has 1 spiro atoms. The van der Waals surface area contributed by atoms with E-state index >= 15 is 0 Å². The van der Waals surface area contributed by atoms with Gasteiger partial charge in [0.25, 0.3) is 0 Å². The molecule has 0 bridgehead atoms. The van der Waals surface area contributed by atoms with E-state index in [2.05, 4.69) is 5.32 Å². The normalized spacial score (nSPS) is 18.8. The Kier molecular flexibility index (Phi) is 5.54. The van der Waals surface area contributed by atoms with Crippen LogP contribution >= 0.6 is 0 Å². The van der Waals surface area contributed by atoms with Gasteiger partial charge in [0.2, 0.25) is 5.91 Å². The van der Waals surface area contributed by atoms with E-state index < -0.39 is 30.4 Å². The molecule has 33 heavy (non-hydrogen) atoms. The van der Waals surface area contributed by atoms with Gasteiger partial charge in [0.05, 0.1) is 19.5 Å². The average molecular weight is 450 g/mol. The van der Waals surface area contributed by atoms with Crippen LogP contribution in [0.4, 0.5) is 4.79 Å². The van der Waals surface area contributed by atoms with Crippen LogP contribution in [0.2, 0.25) is 0 Å². The average Bonchev–Trinajstić information content (AvgIpc) is 3.39. The molecule has 3 aliphatic rings. The molecule has 2 aromatic carbocycles. The molecule has 1 atom stereocenters. The highest BCUT2D eigenvalue weighted by atomic mass is 16.5. The minimum Gasteiger partial charge on any atom is -0.481 e. The first-order valence-corrected chi connectivity index (χ1v) is 11.2. The number of amides is 2. The fourth-order valence-corrected chi connectivity index (χ4v) is 5.19. The van der Waals surface area contributed by atoms with E-state index in [4.69, 9.17) is 9.47 Å². The molecule has 2 fully saturated rings. The van der Waals surface area contributed by atoms with Crippen LogP contribution in [-0.2, 0) is 19.1 Å². The zero-order valence-corrected chi connectivity index (χ0v) is 18.2. The summed E-state index contributed by atoms with van der Waals surface area (Å²) in [5.41, 5.74) is 4.08. The zero-order valence-electron chi connectivity index (χ0n) is 18.2. The number of alkyl carbamates (subject to hydrolysis) is 1. The van der Waals surface area contributed by atoms with Gasteiger partial charge in [0.1, 0.15) is 18.2 Å². The van der Waals surface area contributed by atoms with Crippen molar-refractivity contribution in [3.63, 3.8) is 0 Å². The highest BCUT2D eigenvalue weighted by molar-refractivity contribution is 5.90. The van der Waals surface area contributed by atoms with E-state index in [1.54, 1.807) is 4.90 Å². The maximum absolute atomic E-state index is 12.9. The summed E-state index contributed by atoms with van der Waals surface area (Å²) in [6, 6.07) is 14.8. The van der Waals surface area contributed by atoms with Gasteiger partial charge >= 0.3 is 12.1 Å². The molecule has 8 heteroatoms. The van der Waals surface area contributed by atoms with E-state index in [9.17, 15) is 19.5 Å². The third-order valence-corrected chi connectivity index (χ3v) is 6.77. The lowest BCUT2D eigenvalue weighted by atomic mass is 9.90. The molecule has 1 unspecified atom stereocenters. The van der Waals surface area contributed by atoms with Gasteiger partial charge in [-0.15, -0.1) is 0 Å². The van der Waals surface area contributed by atoms with Crippen LogP contribution in [0, 0.1) is 0 Å². The summed E-state index contributed by atoms with van der Waals surface area (Å²) in [5, 5.41) is 11.7. The fourth-order valence-electron chi connectivity index (χ4n) is 5.19. The molecular formula is C25H26N2O6. The highest BCUT2D eigenvalue weighted by Gasteiger charge is 2.49. The SMILES string of the molecule is O=C(O)CC(NC(=O)OCC1c2ccccc2-c2ccccc21)C(=O)N1CC2(CCCO2)C1. The summed E-state index contributed by atoms with van der Waals surface area (Å²) in [4.78, 5) is 38.3. The number of fused-ring (bicyclic) bond motifs is 3. The van der Waals surface area contributed by atoms with Crippen LogP contribution in [0.1, 0.15) is 36.3 Å². The molecule has 172 valence electrons. The van der Waals surface area contributed by atoms with Crippen molar-refractivity contribution in [1.82, 2.24) is 10.2 Å². The van der Waals surface area contributed by atoms with Crippen LogP contribution < -0.4 is 5.32 Å². The number of hydrogen-bond donors (Lipinski definition) is 2. The molecule has 8 nitrogen and oxygen atoms in total. The molecule has 2 heterocycles. The van der Waals surface area contributed by atoms with Gasteiger partial charge in [0, 0.05) is 12.5 Å². The van der Waals surface area contributed by atoms with E-state index in [-0.39, 0.29) is 18.1 Å². The highest BCUT2D eigenvalue weighted by Crippen LogP contribution is 2.44. The molecule has 5 rings (SSSR count). The molecule has 2 amide bonds. The lowest BCUT2D eigenvalue weighted by molar-refractivity contribution is -0.161. The largest absolute Gasteiger partial charge is 0.481 e. The summed E-state index contributed by atoms with van der Waals surface area (Å²) < 4.78 is 11.2. The Balaban J connectivity index is 1.23. The first-order valence-electron chi connectivity index (χ1n) is 11.2. The lowest BCUT2D eigenvalue weighted by Gasteiger charge is -2.47. The summed E-state index contributed by atoms with van der Waals surface area (Å²) in [6.45, 7) is 1.62. The van der Waals surface area contributed by atoms with Crippen molar-refractivity contribution in [3.05, 3.63) is 59.7 Å². The van der Waals surface area contributed by atoms with Crippen LogP contribution in [0.15, 0.2) is 48.5 Å². The zero-order chi connectivity index (χ0) is 23.0. The Labute approximate surface area is 191 Å². The first-order chi connectivity index (χ1) is 16.0. The predicted molar refractivity (Wildman–Crippen MR) is 119 cm³/mol. The molecule has 2 N–H and O–H groups in total. The number of nitrogens with zero attached hydrogens (tertiary/aromatic N) is 1. The third-order valence-electron chi connectivity index (χ3n) is 6.77. The minimum atomic E-state index is -1.18. The van der Waals surface area contributed by atoms with Gasteiger partial charge in [-0.05, 0) is 35.1 Å². The summed E-state index contributed by atoms with van der Waals surface area (Å²) in [5.74, 6) is -1.71. The maximum Gasteiger partial charge on any atom is 0.407 e. The number of carboxylic acids is 1. The van der Waals surface area contributed by atoms with Crippen molar-refractivity contribution < 1.29 is 29.0 Å². The maximum atomic E-state index is 12.9. The number of ether oxygens (including phenoxy) is 2. The number of benzene rings is 2. The fraction of sp³-hybridized carbons (Fsp3) is 0.400. The Morgan fingerprint density at radius 2 is 1.73 bits per heavy atom. The summed E-state index contributed by atoms with van der Waals surface area (Å²) in [6.07, 6.45) is 0.537. The molecule has 0 aromatic heterocycles. The first kappa shape index (κ1) is 21.5. The number of aliphatic carboxylic acids is 1. The van der Waals surface area contributed by atoms with Crippen molar-refractivity contribution in [2.24, 2.45) is 0 Å². The summed E-state index contributed by atoms with van der Waals surface area (Å²) in [7, 11) is 0. The van der Waals surface area contributed by atoms with E-state index in [0.29, 0.717) is 19.7 Å². The molecule has 0 saturated carbocycles. The van der Waals surface area contributed by atoms with Gasteiger partial charge in [0.15, 0.2) is 0 Å². The quantitative estimate of drug-likeness (QED) is 0.701. The van der Waals surface area contributed by atoms with E-state index in [0.717, 1.165) is 35.1 Å². The number of nitrogens with one attached hydrogen (secondary N) is 1. The molecule has 2 aromatic rings. The lowest BCUT2D eigenvalue weighted by Crippen LogP contribution is -2.66. The minimum absolute atomic E-state index is 0.0918. The van der Waals surface area contributed by atoms with E-state index in [1.165, 1.54) is 0 Å². The number of hydrogen-bond acceptors (Lipinski definition) is 5. The van der Waals surface area contributed by atoms with Crippen molar-refractivity contribution in [2.75, 3.05) is 26.3 Å². The van der Waals surface area contributed by atoms with Gasteiger partial charge in [-0.3, -0.25) is 9.59 Å². The van der Waals surface area contributed by atoms with Crippen LogP contribution in [-0.4, -0.2) is 65.9 Å². The van der Waals surface area contributed by atoms with Gasteiger partial charge in [-0.2, -0.15) is 0 Å². The number of likely N-dealkylation sites (tertiary alicyclic amines) is 1. The smallest absolute Gasteiger partial charge is 0.407 e. The third kappa shape index (κ3) is 4.06. The Morgan fingerprint density at radius 1 is 1.09 bits per heavy atom. The monoisotopic (exact) mass is 450 g/mol. The van der Waals surface area contributed by atoms with Gasteiger partial charge < -0.3 is 24.8 Å². The number of carbonyl (C=O) groups excluding carboxylic acids is 2. The van der Waals surface area contributed by atoms with Crippen molar-refractivity contribution in [2.45, 2.75) is 36.8 Å². The van der Waals surface area contributed by atoms with Gasteiger partial charge in [-0.1, -0.05) is 48.5 Å². The number of carbonyl (C=O) groups is 3. The second-order valence-electron chi connectivity index (χ2n) is 8.95. The Hall–Kier alpha value is -3.39. The second-order valence-corrected chi connectivity index (χ2v) is 8.95. The Bertz CT molecular complexity index is 1040. The summed E-state index contributed by atoms with van der Waals surface area (Å²) >= 11 is 0.